The number of benzene rings is 4. The topological polar surface area (TPSA) is 6.02 Å². The van der Waals surface area contributed by atoms with Gasteiger partial charge in [-0.2, -0.15) is 0 Å². The molecule has 0 spiro atoms. The summed E-state index contributed by atoms with van der Waals surface area (Å²) in [5.74, 6) is 0. The average molecular weight is 459 g/mol. The summed E-state index contributed by atoms with van der Waals surface area (Å²) in [6.07, 6.45) is 0. The third kappa shape index (κ3) is 4.57. The van der Waals surface area contributed by atoms with Gasteiger partial charge in [0.15, 0.2) is 0 Å². The molecular formula is C33H34N2. The smallest absolute Gasteiger partial charge is 0.0552 e. The molecule has 4 atom stereocenters. The lowest BCUT2D eigenvalue weighted by Gasteiger charge is -2.27. The summed E-state index contributed by atoms with van der Waals surface area (Å²) in [5, 5.41) is 0. The fraction of sp³-hybridized carbons (Fsp3) is 0.273. The molecule has 0 aromatic heterocycles. The minimum Gasteiger partial charge on any atom is -0.285 e. The quantitative estimate of drug-likeness (QED) is 0.251. The first kappa shape index (κ1) is 22.3. The molecule has 0 N–H and O–H groups in total. The molecule has 2 fully saturated rings. The molecule has 2 saturated heterocycles. The van der Waals surface area contributed by atoms with Crippen molar-refractivity contribution in [2.45, 2.75) is 38.0 Å². The van der Waals surface area contributed by atoms with Crippen LogP contribution in [0.1, 0.15) is 60.3 Å². The molecular weight excluding hydrogens is 424 g/mol. The highest BCUT2D eigenvalue weighted by Gasteiger charge is 2.54. The number of rotatable bonds is 8. The highest BCUT2D eigenvalue weighted by atomic mass is 15.4. The van der Waals surface area contributed by atoms with Crippen molar-refractivity contribution >= 4 is 0 Å². The molecule has 2 heteroatoms. The van der Waals surface area contributed by atoms with Crippen LogP contribution in [0.25, 0.3) is 0 Å². The molecule has 2 heterocycles. The zero-order chi connectivity index (χ0) is 23.8. The third-order valence-corrected chi connectivity index (χ3v) is 7.63. The molecule has 2 aliphatic rings. The Kier molecular flexibility index (Phi) is 5.80. The lowest BCUT2D eigenvalue weighted by Crippen LogP contribution is -2.31. The van der Waals surface area contributed by atoms with Crippen LogP contribution in [0, 0.1) is 5.41 Å². The summed E-state index contributed by atoms with van der Waals surface area (Å²) >= 11 is 0. The lowest BCUT2D eigenvalue weighted by atomic mass is 9.93. The maximum absolute atomic E-state index is 2.70. The van der Waals surface area contributed by atoms with Crippen molar-refractivity contribution in [3.8, 4) is 0 Å². The minimum atomic E-state index is 0.160. The molecule has 176 valence electrons. The van der Waals surface area contributed by atoms with Crippen LogP contribution in [0.4, 0.5) is 0 Å². The summed E-state index contributed by atoms with van der Waals surface area (Å²) in [4.78, 5) is 5.40. The fourth-order valence-electron chi connectivity index (χ4n) is 6.08. The monoisotopic (exact) mass is 458 g/mol. The van der Waals surface area contributed by atoms with Crippen molar-refractivity contribution in [3.63, 3.8) is 0 Å². The van der Waals surface area contributed by atoms with E-state index in [1.54, 1.807) is 0 Å². The van der Waals surface area contributed by atoms with Crippen LogP contribution in [0.5, 0.6) is 0 Å². The first-order chi connectivity index (χ1) is 17.1. The standard InChI is InChI=1S/C33H34N2/c1-33(2,23-34-29(25-15-7-3-8-16-25)30(34)26-17-9-4-10-18-26)24-35-31(27-19-11-5-12-20-27)32(35)28-21-13-6-14-22-28/h3-22,29-32H,23-24H2,1-2H3/t29-,30-,31-,32-/m1/s1. The Morgan fingerprint density at radius 3 is 0.886 bits per heavy atom. The SMILES string of the molecule is CC(C)(CN1[C@H](c2ccccc2)[C@H]1c1ccccc1)CN1[C@H](c2ccccc2)[C@H]1c1ccccc1. The summed E-state index contributed by atoms with van der Waals surface area (Å²) in [6, 6.07) is 46.0. The number of hydrogen-bond donors (Lipinski definition) is 0. The largest absolute Gasteiger partial charge is 0.285 e. The maximum Gasteiger partial charge on any atom is 0.0552 e. The second-order valence-electron chi connectivity index (χ2n) is 10.9. The van der Waals surface area contributed by atoms with Crippen molar-refractivity contribution in [2.24, 2.45) is 5.41 Å². The first-order valence-corrected chi connectivity index (χ1v) is 12.8. The van der Waals surface area contributed by atoms with E-state index in [1.165, 1.54) is 22.3 Å². The second kappa shape index (κ2) is 9.11. The summed E-state index contributed by atoms with van der Waals surface area (Å²) in [7, 11) is 0. The van der Waals surface area contributed by atoms with E-state index < -0.39 is 0 Å². The van der Waals surface area contributed by atoms with E-state index in [4.69, 9.17) is 0 Å². The van der Waals surface area contributed by atoms with Crippen molar-refractivity contribution in [1.29, 1.82) is 0 Å². The summed E-state index contributed by atoms with van der Waals surface area (Å²) in [6.45, 7) is 7.03. The zero-order valence-electron chi connectivity index (χ0n) is 20.7. The Morgan fingerprint density at radius 1 is 0.429 bits per heavy atom. The molecule has 0 unspecified atom stereocenters. The predicted molar refractivity (Wildman–Crippen MR) is 144 cm³/mol. The van der Waals surface area contributed by atoms with E-state index in [1.807, 2.05) is 0 Å². The van der Waals surface area contributed by atoms with E-state index in [2.05, 4.69) is 145 Å². The van der Waals surface area contributed by atoms with E-state index in [-0.39, 0.29) is 5.41 Å². The van der Waals surface area contributed by atoms with Crippen LogP contribution in [-0.4, -0.2) is 22.9 Å². The molecule has 2 nitrogen and oxygen atoms in total. The van der Waals surface area contributed by atoms with E-state index in [0.29, 0.717) is 24.2 Å². The van der Waals surface area contributed by atoms with Crippen LogP contribution >= 0.6 is 0 Å². The highest BCUT2D eigenvalue weighted by Crippen LogP contribution is 2.58. The van der Waals surface area contributed by atoms with Gasteiger partial charge in [-0.05, 0) is 27.7 Å². The molecule has 0 bridgehead atoms. The van der Waals surface area contributed by atoms with Crippen molar-refractivity contribution < 1.29 is 0 Å². The first-order valence-electron chi connectivity index (χ1n) is 12.8. The maximum atomic E-state index is 2.70. The molecule has 4 aromatic carbocycles. The Bertz CT molecular complexity index is 1050. The van der Waals surface area contributed by atoms with E-state index >= 15 is 0 Å². The molecule has 0 saturated carbocycles. The van der Waals surface area contributed by atoms with Crippen LogP contribution in [0.15, 0.2) is 121 Å². The normalized spacial score (nSPS) is 27.4. The Balaban J connectivity index is 1.23. The lowest BCUT2D eigenvalue weighted by molar-refractivity contribution is 0.218. The highest BCUT2D eigenvalue weighted by molar-refractivity contribution is 5.37. The average Bonchev–Trinajstić information content (AvgIpc) is 3.80. The van der Waals surface area contributed by atoms with Crippen molar-refractivity contribution in [2.75, 3.05) is 13.1 Å². The molecule has 4 aromatic rings. The van der Waals surface area contributed by atoms with Gasteiger partial charge in [0.25, 0.3) is 0 Å². The van der Waals surface area contributed by atoms with Crippen LogP contribution in [0.3, 0.4) is 0 Å². The van der Waals surface area contributed by atoms with Crippen LogP contribution in [-0.2, 0) is 0 Å². The Morgan fingerprint density at radius 2 is 0.657 bits per heavy atom. The van der Waals surface area contributed by atoms with Gasteiger partial charge in [-0.15, -0.1) is 0 Å². The van der Waals surface area contributed by atoms with Gasteiger partial charge in [-0.3, -0.25) is 9.80 Å². The Hall–Kier alpha value is -3.20. The van der Waals surface area contributed by atoms with Crippen molar-refractivity contribution in [1.82, 2.24) is 9.80 Å². The van der Waals surface area contributed by atoms with Gasteiger partial charge in [0.2, 0.25) is 0 Å². The van der Waals surface area contributed by atoms with Gasteiger partial charge in [0, 0.05) is 13.1 Å². The molecule has 0 aliphatic carbocycles. The van der Waals surface area contributed by atoms with Gasteiger partial charge in [-0.1, -0.05) is 135 Å². The zero-order valence-corrected chi connectivity index (χ0v) is 20.7. The van der Waals surface area contributed by atoms with E-state index in [0.717, 1.165) is 13.1 Å². The molecule has 0 amide bonds. The molecule has 6 rings (SSSR count). The second-order valence-corrected chi connectivity index (χ2v) is 10.9. The van der Waals surface area contributed by atoms with Gasteiger partial charge >= 0.3 is 0 Å². The summed E-state index contributed by atoms with van der Waals surface area (Å²) in [5.41, 5.74) is 5.86. The molecule has 0 radical (unpaired) electrons. The minimum absolute atomic E-state index is 0.160. The van der Waals surface area contributed by atoms with Gasteiger partial charge < -0.3 is 0 Å². The number of nitrogens with zero attached hydrogens (tertiary/aromatic N) is 2. The van der Waals surface area contributed by atoms with Crippen LogP contribution < -0.4 is 0 Å². The van der Waals surface area contributed by atoms with Gasteiger partial charge in [0.05, 0.1) is 24.2 Å². The predicted octanol–water partition coefficient (Wildman–Crippen LogP) is 7.61. The third-order valence-electron chi connectivity index (χ3n) is 7.63. The molecule has 2 aliphatic heterocycles. The summed E-state index contributed by atoms with van der Waals surface area (Å²) < 4.78 is 0. The molecule has 35 heavy (non-hydrogen) atoms. The van der Waals surface area contributed by atoms with E-state index in [9.17, 15) is 0 Å². The Labute approximate surface area is 209 Å². The van der Waals surface area contributed by atoms with Gasteiger partial charge in [0.1, 0.15) is 0 Å². The fourth-order valence-corrected chi connectivity index (χ4v) is 6.08. The van der Waals surface area contributed by atoms with Gasteiger partial charge in [-0.25, -0.2) is 0 Å². The van der Waals surface area contributed by atoms with Crippen LogP contribution in [0.2, 0.25) is 0 Å². The van der Waals surface area contributed by atoms with Crippen molar-refractivity contribution in [3.05, 3.63) is 144 Å². The number of hydrogen-bond acceptors (Lipinski definition) is 2.